The minimum absolute atomic E-state index is 0.0646. The number of nitrogens with zero attached hydrogens (tertiary/aromatic N) is 1. The summed E-state index contributed by atoms with van der Waals surface area (Å²) in [7, 11) is 1.67. The van der Waals surface area contributed by atoms with E-state index in [9.17, 15) is 4.79 Å². The zero-order chi connectivity index (χ0) is 13.3. The SMILES string of the molecule is Cc1cc(NCc2cc(=O)n(C)[nH]2)c(Cl)cc1Cl. The predicted molar refractivity (Wildman–Crippen MR) is 74.6 cm³/mol. The number of H-pyrrole nitrogens is 1. The highest BCUT2D eigenvalue weighted by Crippen LogP contribution is 2.28. The fourth-order valence-corrected chi connectivity index (χ4v) is 2.07. The van der Waals surface area contributed by atoms with Crippen molar-refractivity contribution in [2.45, 2.75) is 13.5 Å². The lowest BCUT2D eigenvalue weighted by Crippen LogP contribution is -2.09. The van der Waals surface area contributed by atoms with Crippen LogP contribution in [0.3, 0.4) is 0 Å². The second-order valence-electron chi connectivity index (χ2n) is 4.11. The van der Waals surface area contributed by atoms with Crippen LogP contribution in [0.2, 0.25) is 10.0 Å². The fraction of sp³-hybridized carbons (Fsp3) is 0.250. The predicted octanol–water partition coefficient (Wildman–Crippen LogP) is 2.94. The molecule has 96 valence electrons. The van der Waals surface area contributed by atoms with Gasteiger partial charge in [0.25, 0.3) is 5.56 Å². The lowest BCUT2D eigenvalue weighted by molar-refractivity contribution is 0.723. The van der Waals surface area contributed by atoms with E-state index >= 15 is 0 Å². The van der Waals surface area contributed by atoms with Gasteiger partial charge in [0, 0.05) is 18.1 Å². The Morgan fingerprint density at radius 3 is 2.61 bits per heavy atom. The number of hydrogen-bond donors (Lipinski definition) is 2. The van der Waals surface area contributed by atoms with E-state index in [0.29, 0.717) is 16.6 Å². The van der Waals surface area contributed by atoms with Gasteiger partial charge in [-0.1, -0.05) is 23.2 Å². The van der Waals surface area contributed by atoms with Crippen LogP contribution in [0.15, 0.2) is 23.0 Å². The Morgan fingerprint density at radius 1 is 1.28 bits per heavy atom. The summed E-state index contributed by atoms with van der Waals surface area (Å²) in [6, 6.07) is 5.13. The average molecular weight is 286 g/mol. The number of hydrogen-bond acceptors (Lipinski definition) is 2. The number of aromatic nitrogens is 2. The molecule has 1 aromatic carbocycles. The summed E-state index contributed by atoms with van der Waals surface area (Å²) in [4.78, 5) is 11.3. The smallest absolute Gasteiger partial charge is 0.266 e. The van der Waals surface area contributed by atoms with Crippen molar-refractivity contribution in [2.24, 2.45) is 7.05 Å². The van der Waals surface area contributed by atoms with Gasteiger partial charge in [0.05, 0.1) is 22.9 Å². The molecule has 2 rings (SSSR count). The van der Waals surface area contributed by atoms with Crippen LogP contribution in [0.1, 0.15) is 11.3 Å². The molecule has 0 saturated heterocycles. The van der Waals surface area contributed by atoms with E-state index in [4.69, 9.17) is 23.2 Å². The van der Waals surface area contributed by atoms with Crippen LogP contribution in [0.25, 0.3) is 0 Å². The van der Waals surface area contributed by atoms with E-state index in [2.05, 4.69) is 10.4 Å². The summed E-state index contributed by atoms with van der Waals surface area (Å²) in [6.45, 7) is 2.41. The Bertz CT molecular complexity index is 631. The standard InChI is InChI=1S/C12H13Cl2N3O/c1-7-3-11(10(14)5-9(7)13)15-6-8-4-12(18)17(2)16-8/h3-5,15-16H,6H2,1-2H3. The third kappa shape index (κ3) is 2.71. The normalized spacial score (nSPS) is 10.7. The lowest BCUT2D eigenvalue weighted by atomic mass is 10.2. The first kappa shape index (κ1) is 13.1. The van der Waals surface area contributed by atoms with Gasteiger partial charge in [0.2, 0.25) is 0 Å². The second-order valence-corrected chi connectivity index (χ2v) is 4.93. The van der Waals surface area contributed by atoms with Gasteiger partial charge in [0.15, 0.2) is 0 Å². The van der Waals surface area contributed by atoms with Gasteiger partial charge in [-0.3, -0.25) is 14.6 Å². The zero-order valence-corrected chi connectivity index (χ0v) is 11.6. The van der Waals surface area contributed by atoms with Gasteiger partial charge in [-0.15, -0.1) is 0 Å². The number of anilines is 1. The van der Waals surface area contributed by atoms with Crippen LogP contribution in [0, 0.1) is 6.92 Å². The van der Waals surface area contributed by atoms with Crippen molar-refractivity contribution in [1.82, 2.24) is 9.78 Å². The second kappa shape index (κ2) is 5.08. The van der Waals surface area contributed by atoms with Crippen LogP contribution in [0.4, 0.5) is 5.69 Å². The molecular formula is C12H13Cl2N3O. The van der Waals surface area contributed by atoms with E-state index < -0.39 is 0 Å². The van der Waals surface area contributed by atoms with Crippen molar-refractivity contribution in [3.63, 3.8) is 0 Å². The van der Waals surface area contributed by atoms with Gasteiger partial charge < -0.3 is 5.32 Å². The van der Waals surface area contributed by atoms with E-state index in [-0.39, 0.29) is 5.56 Å². The first-order chi connectivity index (χ1) is 8.47. The summed E-state index contributed by atoms with van der Waals surface area (Å²) in [6.07, 6.45) is 0. The minimum Gasteiger partial charge on any atom is -0.378 e. The van der Waals surface area contributed by atoms with Crippen LogP contribution < -0.4 is 10.9 Å². The maximum atomic E-state index is 11.3. The highest BCUT2D eigenvalue weighted by Gasteiger charge is 2.05. The summed E-state index contributed by atoms with van der Waals surface area (Å²) in [5.74, 6) is 0. The van der Waals surface area contributed by atoms with Crippen molar-refractivity contribution < 1.29 is 0 Å². The van der Waals surface area contributed by atoms with Gasteiger partial charge in [-0.05, 0) is 24.6 Å². The van der Waals surface area contributed by atoms with Crippen molar-refractivity contribution in [3.8, 4) is 0 Å². The Balaban J connectivity index is 2.15. The molecular weight excluding hydrogens is 273 g/mol. The summed E-state index contributed by atoms with van der Waals surface area (Å²) in [5, 5.41) is 7.29. The lowest BCUT2D eigenvalue weighted by Gasteiger charge is -2.09. The Kier molecular flexibility index (Phi) is 3.68. The van der Waals surface area contributed by atoms with Crippen LogP contribution in [0.5, 0.6) is 0 Å². The molecule has 1 aromatic heterocycles. The number of benzene rings is 1. The third-order valence-electron chi connectivity index (χ3n) is 2.66. The van der Waals surface area contributed by atoms with Crippen molar-refractivity contribution >= 4 is 28.9 Å². The third-order valence-corrected chi connectivity index (χ3v) is 3.38. The Morgan fingerprint density at radius 2 is 2.00 bits per heavy atom. The molecule has 0 atom stereocenters. The zero-order valence-electron chi connectivity index (χ0n) is 10.1. The van der Waals surface area contributed by atoms with Crippen molar-refractivity contribution in [2.75, 3.05) is 5.32 Å². The molecule has 6 heteroatoms. The Labute approximate surface area is 115 Å². The average Bonchev–Trinajstić information content (AvgIpc) is 2.62. The van der Waals surface area contributed by atoms with Crippen molar-refractivity contribution in [1.29, 1.82) is 0 Å². The highest BCUT2D eigenvalue weighted by atomic mass is 35.5. The summed E-state index contributed by atoms with van der Waals surface area (Å²) in [5.41, 5.74) is 2.48. The fourth-order valence-electron chi connectivity index (χ4n) is 1.62. The molecule has 0 radical (unpaired) electrons. The van der Waals surface area contributed by atoms with Gasteiger partial charge in [-0.25, -0.2) is 0 Å². The van der Waals surface area contributed by atoms with E-state index in [1.165, 1.54) is 4.68 Å². The monoisotopic (exact) mass is 285 g/mol. The minimum atomic E-state index is -0.0646. The van der Waals surface area contributed by atoms with Crippen molar-refractivity contribution in [3.05, 3.63) is 49.9 Å². The van der Waals surface area contributed by atoms with Gasteiger partial charge in [0.1, 0.15) is 0 Å². The number of halogens is 2. The molecule has 1 heterocycles. The molecule has 2 N–H and O–H groups in total. The van der Waals surface area contributed by atoms with E-state index in [0.717, 1.165) is 16.9 Å². The molecule has 18 heavy (non-hydrogen) atoms. The molecule has 0 aliphatic carbocycles. The molecule has 0 fully saturated rings. The maximum Gasteiger partial charge on any atom is 0.266 e. The Hall–Kier alpha value is -1.39. The molecule has 0 unspecified atom stereocenters. The molecule has 2 aromatic rings. The summed E-state index contributed by atoms with van der Waals surface area (Å²) < 4.78 is 1.42. The molecule has 0 aliphatic heterocycles. The molecule has 0 spiro atoms. The van der Waals surface area contributed by atoms with Crippen LogP contribution >= 0.6 is 23.2 Å². The van der Waals surface area contributed by atoms with Crippen LogP contribution in [-0.4, -0.2) is 9.78 Å². The largest absolute Gasteiger partial charge is 0.378 e. The highest BCUT2D eigenvalue weighted by molar-refractivity contribution is 6.36. The number of nitrogens with one attached hydrogen (secondary N) is 2. The summed E-state index contributed by atoms with van der Waals surface area (Å²) >= 11 is 12.0. The van der Waals surface area contributed by atoms with Gasteiger partial charge >= 0.3 is 0 Å². The van der Waals surface area contributed by atoms with E-state index in [1.807, 2.05) is 13.0 Å². The first-order valence-electron chi connectivity index (χ1n) is 5.42. The number of aromatic amines is 1. The van der Waals surface area contributed by atoms with Gasteiger partial charge in [-0.2, -0.15) is 0 Å². The number of aryl methyl sites for hydroxylation is 2. The molecule has 0 aliphatic rings. The van der Waals surface area contributed by atoms with Crippen LogP contribution in [-0.2, 0) is 13.6 Å². The molecule has 0 bridgehead atoms. The maximum absolute atomic E-state index is 11.3. The first-order valence-corrected chi connectivity index (χ1v) is 6.17. The molecule has 4 nitrogen and oxygen atoms in total. The quantitative estimate of drug-likeness (QED) is 0.911. The topological polar surface area (TPSA) is 49.8 Å². The number of rotatable bonds is 3. The van der Waals surface area contributed by atoms with E-state index in [1.54, 1.807) is 19.2 Å². The molecule has 0 saturated carbocycles. The molecule has 0 amide bonds.